The van der Waals surface area contributed by atoms with Crippen molar-refractivity contribution in [3.8, 4) is 11.4 Å². The summed E-state index contributed by atoms with van der Waals surface area (Å²) < 4.78 is 7.47. The van der Waals surface area contributed by atoms with Crippen molar-refractivity contribution in [1.29, 1.82) is 0 Å². The fourth-order valence-electron chi connectivity index (χ4n) is 13.2. The van der Waals surface area contributed by atoms with Gasteiger partial charge in [0.1, 0.15) is 5.75 Å². The Morgan fingerprint density at radius 2 is 1.46 bits per heavy atom. The molecule has 4 aromatic rings. The maximum absolute atomic E-state index is 13.6. The van der Waals surface area contributed by atoms with Crippen LogP contribution in [0, 0.1) is 36.0 Å². The lowest BCUT2D eigenvalue weighted by Gasteiger charge is -2.56. The number of hydrogen-bond donors (Lipinski definition) is 3. The second kappa shape index (κ2) is 22.6. The molecule has 2 aromatic carbocycles. The summed E-state index contributed by atoms with van der Waals surface area (Å²) in [6, 6.07) is 15.2. The molecule has 3 N–H and O–H groups in total. The minimum Gasteiger partial charge on any atom is -0.494 e. The highest BCUT2D eigenvalue weighted by molar-refractivity contribution is 5.93. The number of unbranched alkanes of at least 4 members (excludes halogenated alkanes) is 9. The number of anilines is 4. The van der Waals surface area contributed by atoms with E-state index in [9.17, 15) is 14.4 Å². The van der Waals surface area contributed by atoms with Gasteiger partial charge in [-0.05, 0) is 137 Å². The van der Waals surface area contributed by atoms with Gasteiger partial charge < -0.3 is 25.6 Å². The normalized spacial score (nSPS) is 22.7. The second-order valence-corrected chi connectivity index (χ2v) is 21.6. The first-order valence-corrected chi connectivity index (χ1v) is 26.7. The third kappa shape index (κ3) is 12.1. The molecule has 0 spiro atoms. The van der Waals surface area contributed by atoms with Crippen LogP contribution in [0.4, 0.5) is 23.0 Å². The fraction of sp³-hybridized carbons (Fsp3) is 0.625. The molecule has 10 rings (SSSR count). The highest BCUT2D eigenvalue weighted by Gasteiger charge is 2.51. The number of pyridine rings is 1. The Kier molecular flexibility index (Phi) is 16.0. The average molecular weight is 927 g/mol. The predicted molar refractivity (Wildman–Crippen MR) is 274 cm³/mol. The number of ether oxygens (including phenoxy) is 1. The summed E-state index contributed by atoms with van der Waals surface area (Å²) in [6.07, 6.45) is 28.9. The van der Waals surface area contributed by atoms with Gasteiger partial charge in [0.2, 0.25) is 17.8 Å². The third-order valence-corrected chi connectivity index (χ3v) is 16.4. The number of aromatic nitrogens is 3. The predicted octanol–water partition coefficient (Wildman–Crippen LogP) is 11.1. The van der Waals surface area contributed by atoms with Gasteiger partial charge in [0.25, 0.3) is 5.56 Å². The third-order valence-electron chi connectivity index (χ3n) is 16.4. The molecule has 6 aliphatic rings. The zero-order valence-electron chi connectivity index (χ0n) is 41.2. The van der Waals surface area contributed by atoms with Crippen molar-refractivity contribution in [3.05, 3.63) is 70.6 Å². The second-order valence-electron chi connectivity index (χ2n) is 21.6. The Morgan fingerprint density at radius 3 is 2.15 bits per heavy atom. The number of carbonyl (C=O) groups excluding carboxylic acids is 2. The number of piperazine rings is 1. The number of aryl methyl sites for hydroxylation is 1. The zero-order chi connectivity index (χ0) is 46.9. The van der Waals surface area contributed by atoms with E-state index in [0.29, 0.717) is 40.0 Å². The van der Waals surface area contributed by atoms with Gasteiger partial charge in [-0.2, -0.15) is 4.98 Å². The number of rotatable bonds is 22. The first-order chi connectivity index (χ1) is 33.2. The molecule has 366 valence electrons. The molecule has 12 heteroatoms. The summed E-state index contributed by atoms with van der Waals surface area (Å²) in [5, 5.41) is 10.5. The summed E-state index contributed by atoms with van der Waals surface area (Å²) in [4.78, 5) is 54.0. The minimum atomic E-state index is -0.207. The number of fused-ring (bicyclic) bond motifs is 1. The summed E-state index contributed by atoms with van der Waals surface area (Å²) >= 11 is 0. The summed E-state index contributed by atoms with van der Waals surface area (Å²) in [7, 11) is 1.68. The number of nitrogens with one attached hydrogen (secondary N) is 3. The first-order valence-electron chi connectivity index (χ1n) is 26.7. The van der Waals surface area contributed by atoms with E-state index in [1.54, 1.807) is 23.9 Å². The molecular weight excluding hydrogens is 849 g/mol. The molecule has 2 aromatic heterocycles. The van der Waals surface area contributed by atoms with Gasteiger partial charge in [-0.25, -0.2) is 4.98 Å². The number of carbonyl (C=O) groups is 2. The Labute approximate surface area is 404 Å². The van der Waals surface area contributed by atoms with Gasteiger partial charge in [-0.3, -0.25) is 23.9 Å². The minimum absolute atomic E-state index is 0.0277. The standard InChI is InChI=1S/C56H78N8O4/c1-40-29-52(66)64(47-20-16-19-45(33-47)59-54(67)44-17-12-11-13-18-44)53-48(40)39-58-55(61-53)60-49-22-21-46(34-50(49)68-2)63-27-25-62(26-28-63)24-15-10-8-6-4-3-5-7-9-14-23-57-51(65)38-56-35-41-30-42(36-56)32-43(31-41)37-56/h16,19-22,29,33-34,39,41-44H,3-15,17-18,23-28,30-32,35-38H2,1-2H3,(H,57,65)(H,59,67)(H,58,60,61). The molecule has 1 aliphatic heterocycles. The van der Waals surface area contributed by atoms with Crippen LogP contribution in [0.2, 0.25) is 0 Å². The van der Waals surface area contributed by atoms with Crippen LogP contribution in [0.5, 0.6) is 5.75 Å². The lowest BCUT2D eigenvalue weighted by molar-refractivity contribution is -0.129. The largest absolute Gasteiger partial charge is 0.494 e. The molecular formula is C56H78N8O4. The van der Waals surface area contributed by atoms with Crippen molar-refractivity contribution >= 4 is 45.9 Å². The van der Waals surface area contributed by atoms with Gasteiger partial charge in [-0.15, -0.1) is 0 Å². The van der Waals surface area contributed by atoms with E-state index in [0.717, 1.165) is 111 Å². The van der Waals surface area contributed by atoms with Crippen LogP contribution in [-0.2, 0) is 9.59 Å². The van der Waals surface area contributed by atoms with Crippen LogP contribution in [0.25, 0.3) is 16.7 Å². The quantitative estimate of drug-likeness (QED) is 0.0659. The van der Waals surface area contributed by atoms with Crippen molar-refractivity contribution < 1.29 is 14.3 Å². The highest BCUT2D eigenvalue weighted by atomic mass is 16.5. The maximum atomic E-state index is 13.6. The van der Waals surface area contributed by atoms with E-state index >= 15 is 0 Å². The van der Waals surface area contributed by atoms with Crippen molar-refractivity contribution in [2.45, 2.75) is 148 Å². The van der Waals surface area contributed by atoms with Crippen molar-refractivity contribution in [3.63, 3.8) is 0 Å². The molecule has 0 unspecified atom stereocenters. The van der Waals surface area contributed by atoms with E-state index < -0.39 is 0 Å². The van der Waals surface area contributed by atoms with Crippen molar-refractivity contribution in [1.82, 2.24) is 24.8 Å². The van der Waals surface area contributed by atoms with Gasteiger partial charge in [0, 0.05) is 80.2 Å². The van der Waals surface area contributed by atoms with Gasteiger partial charge in [-0.1, -0.05) is 76.7 Å². The fourth-order valence-corrected chi connectivity index (χ4v) is 13.2. The molecule has 5 aliphatic carbocycles. The number of nitrogens with zero attached hydrogens (tertiary/aromatic N) is 5. The summed E-state index contributed by atoms with van der Waals surface area (Å²) in [5.74, 6) is 4.19. The Hall–Kier alpha value is -4.97. The lowest BCUT2D eigenvalue weighted by Crippen LogP contribution is -2.48. The van der Waals surface area contributed by atoms with E-state index in [1.807, 2.05) is 37.3 Å². The Bertz CT molecular complexity index is 2370. The summed E-state index contributed by atoms with van der Waals surface area (Å²) in [5.41, 5.74) is 4.56. The van der Waals surface area contributed by atoms with E-state index in [-0.39, 0.29) is 17.4 Å². The topological polar surface area (TPSA) is 134 Å². The molecule has 5 saturated carbocycles. The monoisotopic (exact) mass is 927 g/mol. The molecule has 1 saturated heterocycles. The molecule has 0 atom stereocenters. The van der Waals surface area contributed by atoms with Crippen LogP contribution in [-0.4, -0.2) is 77.6 Å². The Balaban J connectivity index is 0.667. The molecule has 0 radical (unpaired) electrons. The number of benzene rings is 2. The van der Waals surface area contributed by atoms with E-state index in [4.69, 9.17) is 9.72 Å². The Morgan fingerprint density at radius 1 is 0.779 bits per heavy atom. The van der Waals surface area contributed by atoms with Crippen LogP contribution in [0.3, 0.4) is 0 Å². The smallest absolute Gasteiger partial charge is 0.257 e. The zero-order valence-corrected chi connectivity index (χ0v) is 41.2. The lowest BCUT2D eigenvalue weighted by atomic mass is 9.49. The molecule has 6 fully saturated rings. The first kappa shape index (κ1) is 48.1. The molecule has 3 heterocycles. The average Bonchev–Trinajstić information content (AvgIpc) is 3.33. The van der Waals surface area contributed by atoms with Crippen LogP contribution >= 0.6 is 0 Å². The number of hydrogen-bond acceptors (Lipinski definition) is 9. The van der Waals surface area contributed by atoms with Gasteiger partial charge in [0.05, 0.1) is 18.5 Å². The van der Waals surface area contributed by atoms with Gasteiger partial charge in [0.15, 0.2) is 5.65 Å². The summed E-state index contributed by atoms with van der Waals surface area (Å²) in [6.45, 7) is 7.97. The molecule has 12 nitrogen and oxygen atoms in total. The molecule has 2 amide bonds. The van der Waals surface area contributed by atoms with Crippen LogP contribution in [0.1, 0.15) is 147 Å². The number of methoxy groups -OCH3 is 1. The van der Waals surface area contributed by atoms with Gasteiger partial charge >= 0.3 is 0 Å². The number of amides is 2. The van der Waals surface area contributed by atoms with Crippen molar-refractivity contribution in [2.24, 2.45) is 29.1 Å². The van der Waals surface area contributed by atoms with E-state index in [1.165, 1.54) is 109 Å². The van der Waals surface area contributed by atoms with Crippen LogP contribution in [0.15, 0.2) is 59.5 Å². The molecule has 4 bridgehead atoms. The maximum Gasteiger partial charge on any atom is 0.257 e. The SMILES string of the molecule is COc1cc(N2CCN(CCCCCCCCCCCCNC(=O)CC34CC5CC(CC(C5)C3)C4)CC2)ccc1Nc1ncc2c(C)cc(=O)n(-c3cccc(NC(=O)C4CCCCC4)c3)c2n1. The van der Waals surface area contributed by atoms with Crippen molar-refractivity contribution in [2.75, 3.05) is 61.9 Å². The van der Waals surface area contributed by atoms with E-state index in [2.05, 4.69) is 42.9 Å². The molecule has 68 heavy (non-hydrogen) atoms. The van der Waals surface area contributed by atoms with Crippen LogP contribution < -0.4 is 31.1 Å². The highest BCUT2D eigenvalue weighted by Crippen LogP contribution is 2.61.